The Morgan fingerprint density at radius 3 is 2.50 bits per heavy atom. The molecule has 1 aromatic carbocycles. The van der Waals surface area contributed by atoms with Crippen molar-refractivity contribution >= 4 is 29.2 Å². The van der Waals surface area contributed by atoms with Crippen LogP contribution in [0.2, 0.25) is 0 Å². The molecule has 1 aromatic heterocycles. The van der Waals surface area contributed by atoms with Gasteiger partial charge in [-0.15, -0.1) is 11.3 Å². The highest BCUT2D eigenvalue weighted by molar-refractivity contribution is 7.17. The van der Waals surface area contributed by atoms with Crippen molar-refractivity contribution < 1.29 is 19.1 Å². The molecule has 0 radical (unpaired) electrons. The summed E-state index contributed by atoms with van der Waals surface area (Å²) in [4.78, 5) is 39.8. The lowest BCUT2D eigenvalue weighted by Gasteiger charge is -2.12. The van der Waals surface area contributed by atoms with E-state index >= 15 is 0 Å². The molecule has 0 bridgehead atoms. The van der Waals surface area contributed by atoms with Crippen LogP contribution in [0.4, 0.5) is 4.79 Å². The molecule has 7 nitrogen and oxygen atoms in total. The van der Waals surface area contributed by atoms with Gasteiger partial charge in [0.25, 0.3) is 5.91 Å². The number of aryl methyl sites for hydroxylation is 1. The minimum absolute atomic E-state index is 0.327. The molecule has 1 unspecified atom stereocenters. The monoisotopic (exact) mass is 347 g/mol. The van der Waals surface area contributed by atoms with E-state index in [4.69, 9.17) is 4.74 Å². The lowest BCUT2D eigenvalue weighted by atomic mass is 10.2. The Balaban J connectivity index is 2.09. The number of esters is 1. The maximum Gasteiger partial charge on any atom is 0.351 e. The number of nitrogens with zero attached hydrogens (tertiary/aromatic N) is 1. The molecule has 1 atom stereocenters. The molecule has 0 aliphatic heterocycles. The first-order valence-electron chi connectivity index (χ1n) is 7.18. The van der Waals surface area contributed by atoms with Crippen LogP contribution < -0.4 is 10.6 Å². The third kappa shape index (κ3) is 4.17. The molecule has 0 saturated heterocycles. The Hall–Kier alpha value is -2.74. The van der Waals surface area contributed by atoms with Crippen LogP contribution in [-0.4, -0.2) is 36.0 Å². The summed E-state index contributed by atoms with van der Waals surface area (Å²) < 4.78 is 5.11. The molecule has 0 spiro atoms. The minimum Gasteiger partial charge on any atom is -0.448 e. The van der Waals surface area contributed by atoms with Gasteiger partial charge in [0.05, 0.1) is 5.69 Å². The number of urea groups is 1. The first-order valence-corrected chi connectivity index (χ1v) is 8.00. The Kier molecular flexibility index (Phi) is 5.64. The number of hydrogen-bond acceptors (Lipinski definition) is 6. The summed E-state index contributed by atoms with van der Waals surface area (Å²) in [6.07, 6.45) is -1.10. The number of benzene rings is 1. The second-order valence-electron chi connectivity index (χ2n) is 4.92. The lowest BCUT2D eigenvalue weighted by molar-refractivity contribution is -0.127. The van der Waals surface area contributed by atoms with Gasteiger partial charge in [-0.3, -0.25) is 10.1 Å². The van der Waals surface area contributed by atoms with E-state index in [1.165, 1.54) is 25.3 Å². The number of rotatable bonds is 4. The van der Waals surface area contributed by atoms with Gasteiger partial charge >= 0.3 is 12.0 Å². The Bertz CT molecular complexity index is 758. The van der Waals surface area contributed by atoms with Crippen molar-refractivity contribution in [3.05, 3.63) is 40.9 Å². The van der Waals surface area contributed by atoms with Crippen molar-refractivity contribution in [1.82, 2.24) is 15.6 Å². The Morgan fingerprint density at radius 2 is 1.88 bits per heavy atom. The molecule has 3 amide bonds. The van der Waals surface area contributed by atoms with Crippen LogP contribution in [0.1, 0.15) is 22.3 Å². The van der Waals surface area contributed by atoms with Gasteiger partial charge in [0, 0.05) is 12.6 Å². The number of aromatic nitrogens is 1. The van der Waals surface area contributed by atoms with E-state index in [2.05, 4.69) is 15.6 Å². The van der Waals surface area contributed by atoms with E-state index in [1.54, 1.807) is 6.92 Å². The molecule has 0 aliphatic rings. The fraction of sp³-hybridized carbons (Fsp3) is 0.250. The molecule has 126 valence electrons. The predicted octanol–water partition coefficient (Wildman–Crippen LogP) is 2.12. The van der Waals surface area contributed by atoms with Gasteiger partial charge in [-0.1, -0.05) is 30.3 Å². The summed E-state index contributed by atoms with van der Waals surface area (Å²) in [5.74, 6) is -1.35. The Labute approximate surface area is 143 Å². The molecule has 1 heterocycles. The number of nitrogens with one attached hydrogen (secondary N) is 2. The quantitative estimate of drug-likeness (QED) is 0.826. The van der Waals surface area contributed by atoms with Gasteiger partial charge in [-0.2, -0.15) is 0 Å². The summed E-state index contributed by atoms with van der Waals surface area (Å²) in [5.41, 5.74) is 1.43. The van der Waals surface area contributed by atoms with E-state index in [0.29, 0.717) is 15.6 Å². The zero-order chi connectivity index (χ0) is 17.7. The molecule has 0 aliphatic carbocycles. The number of imide groups is 1. The zero-order valence-corrected chi connectivity index (χ0v) is 14.3. The molecule has 8 heteroatoms. The van der Waals surface area contributed by atoms with E-state index in [9.17, 15) is 14.4 Å². The first-order chi connectivity index (χ1) is 11.4. The summed E-state index contributed by atoms with van der Waals surface area (Å²) in [6, 6.07) is 8.79. The molecule has 2 N–H and O–H groups in total. The lowest BCUT2D eigenvalue weighted by Crippen LogP contribution is -2.43. The van der Waals surface area contributed by atoms with Gasteiger partial charge in [0.15, 0.2) is 6.10 Å². The van der Waals surface area contributed by atoms with Crippen molar-refractivity contribution in [2.24, 2.45) is 0 Å². The molecule has 0 fully saturated rings. The number of hydrogen-bond donors (Lipinski definition) is 2. The van der Waals surface area contributed by atoms with Crippen molar-refractivity contribution in [1.29, 1.82) is 0 Å². The molecular formula is C16H17N3O4S. The largest absolute Gasteiger partial charge is 0.448 e. The highest BCUT2D eigenvalue weighted by Crippen LogP contribution is 2.28. The first kappa shape index (κ1) is 17.6. The second-order valence-corrected chi connectivity index (χ2v) is 5.91. The Morgan fingerprint density at radius 1 is 1.21 bits per heavy atom. The van der Waals surface area contributed by atoms with Gasteiger partial charge < -0.3 is 10.1 Å². The van der Waals surface area contributed by atoms with Gasteiger partial charge in [0.1, 0.15) is 9.88 Å². The topological polar surface area (TPSA) is 97.4 Å². The minimum atomic E-state index is -1.10. The normalized spacial score (nSPS) is 11.5. The number of thiazole rings is 1. The average molecular weight is 347 g/mol. The summed E-state index contributed by atoms with van der Waals surface area (Å²) in [7, 11) is 1.38. The fourth-order valence-electron chi connectivity index (χ4n) is 1.83. The highest BCUT2D eigenvalue weighted by Gasteiger charge is 2.23. The van der Waals surface area contributed by atoms with Crippen LogP contribution in [0.25, 0.3) is 10.6 Å². The van der Waals surface area contributed by atoms with Crippen molar-refractivity contribution in [2.75, 3.05) is 7.05 Å². The van der Waals surface area contributed by atoms with Crippen LogP contribution >= 0.6 is 11.3 Å². The molecular weight excluding hydrogens is 330 g/mol. The van der Waals surface area contributed by atoms with Gasteiger partial charge in [0.2, 0.25) is 0 Å². The summed E-state index contributed by atoms with van der Waals surface area (Å²) in [5, 5.41) is 5.00. The van der Waals surface area contributed by atoms with Crippen LogP contribution in [0, 0.1) is 6.92 Å². The van der Waals surface area contributed by atoms with Crippen molar-refractivity contribution in [3.8, 4) is 10.6 Å². The maximum absolute atomic E-state index is 12.2. The molecule has 2 aromatic rings. The number of ether oxygens (including phenoxy) is 1. The molecule has 0 saturated carbocycles. The van der Waals surface area contributed by atoms with Gasteiger partial charge in [-0.05, 0) is 13.8 Å². The molecule has 24 heavy (non-hydrogen) atoms. The second kappa shape index (κ2) is 7.69. The van der Waals surface area contributed by atoms with E-state index in [-0.39, 0.29) is 0 Å². The van der Waals surface area contributed by atoms with E-state index in [1.807, 2.05) is 30.3 Å². The zero-order valence-electron chi connectivity index (χ0n) is 13.5. The number of amides is 3. The van der Waals surface area contributed by atoms with Crippen molar-refractivity contribution in [2.45, 2.75) is 20.0 Å². The highest BCUT2D eigenvalue weighted by atomic mass is 32.1. The fourth-order valence-corrected chi connectivity index (χ4v) is 2.79. The van der Waals surface area contributed by atoms with E-state index < -0.39 is 24.0 Å². The third-order valence-corrected chi connectivity index (χ3v) is 4.31. The van der Waals surface area contributed by atoms with E-state index in [0.717, 1.165) is 5.56 Å². The summed E-state index contributed by atoms with van der Waals surface area (Å²) >= 11 is 1.20. The van der Waals surface area contributed by atoms with Crippen LogP contribution in [0.5, 0.6) is 0 Å². The standard InChI is InChI=1S/C16H17N3O4S/c1-9-12(24-14(18-9)11-7-5-4-6-8-11)15(21)23-10(2)13(20)19-16(22)17-3/h4-8,10H,1-3H3,(H2,17,19,20,22). The van der Waals surface area contributed by atoms with Crippen LogP contribution in [-0.2, 0) is 9.53 Å². The van der Waals surface area contributed by atoms with Crippen LogP contribution in [0.15, 0.2) is 30.3 Å². The van der Waals surface area contributed by atoms with Crippen molar-refractivity contribution in [3.63, 3.8) is 0 Å². The maximum atomic E-state index is 12.2. The van der Waals surface area contributed by atoms with Crippen LogP contribution in [0.3, 0.4) is 0 Å². The molecule has 2 rings (SSSR count). The van der Waals surface area contributed by atoms with Gasteiger partial charge in [-0.25, -0.2) is 14.6 Å². The number of carbonyl (C=O) groups excluding carboxylic acids is 3. The summed E-state index contributed by atoms with van der Waals surface area (Å²) in [6.45, 7) is 3.10. The number of carbonyl (C=O) groups is 3. The smallest absolute Gasteiger partial charge is 0.351 e. The predicted molar refractivity (Wildman–Crippen MR) is 89.8 cm³/mol. The average Bonchev–Trinajstić information content (AvgIpc) is 2.97. The SMILES string of the molecule is CNC(=O)NC(=O)C(C)OC(=O)c1sc(-c2ccccc2)nc1C. The third-order valence-electron chi connectivity index (χ3n) is 3.12.